The van der Waals surface area contributed by atoms with E-state index in [2.05, 4.69) is 19.9 Å². The van der Waals surface area contributed by atoms with Gasteiger partial charge in [0.05, 0.1) is 0 Å². The Hall–Kier alpha value is -1.84. The molecule has 2 amide bonds. The Morgan fingerprint density at radius 3 is 2.32 bits per heavy atom. The molecule has 136 valence electrons. The van der Waals surface area contributed by atoms with Crippen molar-refractivity contribution in [1.29, 1.82) is 0 Å². The number of carbonyl (C=O) groups is 2. The summed E-state index contributed by atoms with van der Waals surface area (Å²) >= 11 is 0. The zero-order chi connectivity index (χ0) is 18.0. The van der Waals surface area contributed by atoms with Gasteiger partial charge in [0.1, 0.15) is 0 Å². The third-order valence-corrected chi connectivity index (χ3v) is 5.71. The second-order valence-electron chi connectivity index (χ2n) is 7.83. The Bertz CT molecular complexity index is 649. The summed E-state index contributed by atoms with van der Waals surface area (Å²) in [6.45, 7) is 9.13. The van der Waals surface area contributed by atoms with Crippen LogP contribution in [0.3, 0.4) is 0 Å². The minimum Gasteiger partial charge on any atom is -0.341 e. The number of nitrogens with zero attached hydrogens (tertiary/aromatic N) is 2. The summed E-state index contributed by atoms with van der Waals surface area (Å²) < 4.78 is 0. The van der Waals surface area contributed by atoms with Crippen LogP contribution >= 0.6 is 0 Å². The van der Waals surface area contributed by atoms with Gasteiger partial charge >= 0.3 is 0 Å². The Morgan fingerprint density at radius 1 is 1.00 bits per heavy atom. The van der Waals surface area contributed by atoms with Crippen LogP contribution < -0.4 is 0 Å². The molecule has 0 radical (unpaired) electrons. The first-order chi connectivity index (χ1) is 12.0. The van der Waals surface area contributed by atoms with Crippen molar-refractivity contribution < 1.29 is 9.59 Å². The smallest absolute Gasteiger partial charge is 0.254 e. The molecule has 25 heavy (non-hydrogen) atoms. The number of hydrogen-bond donors (Lipinski definition) is 0. The number of carbonyl (C=O) groups excluding carboxylic acids is 2. The highest BCUT2D eigenvalue weighted by atomic mass is 16.2. The summed E-state index contributed by atoms with van der Waals surface area (Å²) in [7, 11) is 0. The van der Waals surface area contributed by atoms with Gasteiger partial charge in [-0.05, 0) is 49.3 Å². The molecule has 2 fully saturated rings. The van der Waals surface area contributed by atoms with E-state index < -0.39 is 0 Å². The molecule has 1 saturated heterocycles. The maximum atomic E-state index is 13.0. The van der Waals surface area contributed by atoms with Crippen LogP contribution in [-0.2, 0) is 4.79 Å². The first kappa shape index (κ1) is 18.0. The monoisotopic (exact) mass is 342 g/mol. The predicted octanol–water partition coefficient (Wildman–Crippen LogP) is 3.59. The second kappa shape index (κ2) is 7.59. The van der Waals surface area contributed by atoms with Gasteiger partial charge in [0.15, 0.2) is 0 Å². The van der Waals surface area contributed by atoms with E-state index in [9.17, 15) is 9.59 Å². The normalized spacial score (nSPS) is 18.9. The molecule has 1 heterocycles. The quantitative estimate of drug-likeness (QED) is 0.842. The molecule has 2 aliphatic rings. The van der Waals surface area contributed by atoms with Gasteiger partial charge in [0.2, 0.25) is 5.91 Å². The Balaban J connectivity index is 1.69. The minimum absolute atomic E-state index is 0.109. The molecule has 0 spiro atoms. The molecule has 1 aliphatic carbocycles. The first-order valence-corrected chi connectivity index (χ1v) is 9.66. The molecule has 0 aromatic heterocycles. The molecule has 0 unspecified atom stereocenters. The van der Waals surface area contributed by atoms with Crippen molar-refractivity contribution in [1.82, 2.24) is 9.80 Å². The molecule has 0 bridgehead atoms. The highest BCUT2D eigenvalue weighted by Crippen LogP contribution is 2.28. The van der Waals surface area contributed by atoms with Crippen LogP contribution in [0.4, 0.5) is 0 Å². The lowest BCUT2D eigenvalue weighted by Gasteiger charge is -2.31. The van der Waals surface area contributed by atoms with Gasteiger partial charge in [-0.1, -0.05) is 32.4 Å². The summed E-state index contributed by atoms with van der Waals surface area (Å²) in [5.41, 5.74) is 3.04. The van der Waals surface area contributed by atoms with Gasteiger partial charge in [-0.25, -0.2) is 0 Å². The van der Waals surface area contributed by atoms with Crippen molar-refractivity contribution in [2.45, 2.75) is 52.4 Å². The molecule has 4 nitrogen and oxygen atoms in total. The van der Waals surface area contributed by atoms with Gasteiger partial charge in [-0.2, -0.15) is 0 Å². The Labute approximate surface area is 151 Å². The van der Waals surface area contributed by atoms with E-state index in [0.717, 1.165) is 43.5 Å². The summed E-state index contributed by atoms with van der Waals surface area (Å²) in [5, 5.41) is 0. The number of hydrogen-bond acceptors (Lipinski definition) is 2. The fourth-order valence-electron chi connectivity index (χ4n) is 3.65. The maximum absolute atomic E-state index is 13.0. The molecule has 1 aromatic carbocycles. The Kier molecular flexibility index (Phi) is 5.45. The van der Waals surface area contributed by atoms with E-state index in [1.807, 2.05) is 28.9 Å². The minimum atomic E-state index is 0.109. The lowest BCUT2D eigenvalue weighted by atomic mass is 9.84. The number of benzene rings is 1. The van der Waals surface area contributed by atoms with E-state index >= 15 is 0 Å². The fourth-order valence-corrected chi connectivity index (χ4v) is 3.65. The van der Waals surface area contributed by atoms with Crippen LogP contribution in [0.1, 0.15) is 66.9 Å². The van der Waals surface area contributed by atoms with Crippen LogP contribution in [0.5, 0.6) is 0 Å². The van der Waals surface area contributed by atoms with Crippen molar-refractivity contribution in [2.75, 3.05) is 26.2 Å². The third-order valence-electron chi connectivity index (χ3n) is 5.71. The fraction of sp³-hybridized carbons (Fsp3) is 0.619. The van der Waals surface area contributed by atoms with Crippen molar-refractivity contribution >= 4 is 11.8 Å². The van der Waals surface area contributed by atoms with Crippen LogP contribution in [0.15, 0.2) is 18.2 Å². The summed E-state index contributed by atoms with van der Waals surface area (Å²) in [6, 6.07) is 6.20. The van der Waals surface area contributed by atoms with E-state index in [-0.39, 0.29) is 11.8 Å². The van der Waals surface area contributed by atoms with Crippen LogP contribution in [0.25, 0.3) is 0 Å². The van der Waals surface area contributed by atoms with E-state index in [1.165, 1.54) is 12.0 Å². The molecule has 0 atom stereocenters. The highest BCUT2D eigenvalue weighted by Gasteiger charge is 2.31. The lowest BCUT2D eigenvalue weighted by Crippen LogP contribution is -2.41. The van der Waals surface area contributed by atoms with E-state index in [1.54, 1.807) is 0 Å². The van der Waals surface area contributed by atoms with Crippen molar-refractivity contribution in [3.05, 3.63) is 34.9 Å². The largest absolute Gasteiger partial charge is 0.341 e. The highest BCUT2D eigenvalue weighted by molar-refractivity contribution is 5.96. The van der Waals surface area contributed by atoms with Crippen LogP contribution in [-0.4, -0.2) is 47.8 Å². The predicted molar refractivity (Wildman–Crippen MR) is 99.7 cm³/mol. The van der Waals surface area contributed by atoms with Gasteiger partial charge < -0.3 is 9.80 Å². The molecule has 0 N–H and O–H groups in total. The lowest BCUT2D eigenvalue weighted by molar-refractivity contribution is -0.138. The molecular formula is C21H30N2O2. The zero-order valence-corrected chi connectivity index (χ0v) is 15.8. The number of amides is 2. The second-order valence-corrected chi connectivity index (χ2v) is 7.83. The summed E-state index contributed by atoms with van der Waals surface area (Å²) in [4.78, 5) is 29.4. The van der Waals surface area contributed by atoms with Crippen molar-refractivity contribution in [3.8, 4) is 0 Å². The molecule has 1 aliphatic heterocycles. The van der Waals surface area contributed by atoms with Crippen molar-refractivity contribution in [3.63, 3.8) is 0 Å². The molecular weight excluding hydrogens is 312 g/mol. The number of aryl methyl sites for hydroxylation is 1. The standard InChI is InChI=1S/C21H30N2O2/c1-15(2)18-9-8-16(3)19(14-18)21(25)23-11-5-10-22(12-13-23)20(24)17-6-4-7-17/h8-9,14-15,17H,4-7,10-13H2,1-3H3. The average Bonchev–Trinajstić information content (AvgIpc) is 2.78. The van der Waals surface area contributed by atoms with Crippen LogP contribution in [0.2, 0.25) is 0 Å². The summed E-state index contributed by atoms with van der Waals surface area (Å²) in [5.74, 6) is 1.07. The maximum Gasteiger partial charge on any atom is 0.254 e. The molecule has 1 aromatic rings. The number of rotatable bonds is 3. The molecule has 3 rings (SSSR count). The van der Waals surface area contributed by atoms with Gasteiger partial charge in [0, 0.05) is 37.7 Å². The topological polar surface area (TPSA) is 40.6 Å². The molecule has 4 heteroatoms. The van der Waals surface area contributed by atoms with Gasteiger partial charge in [0.25, 0.3) is 5.91 Å². The SMILES string of the molecule is Cc1ccc(C(C)C)cc1C(=O)N1CCCN(C(=O)C2CCC2)CC1. The zero-order valence-electron chi connectivity index (χ0n) is 15.8. The Morgan fingerprint density at radius 2 is 1.68 bits per heavy atom. The van der Waals surface area contributed by atoms with Crippen molar-refractivity contribution in [2.24, 2.45) is 5.92 Å². The third kappa shape index (κ3) is 3.88. The van der Waals surface area contributed by atoms with E-state index in [0.29, 0.717) is 24.9 Å². The van der Waals surface area contributed by atoms with E-state index in [4.69, 9.17) is 0 Å². The first-order valence-electron chi connectivity index (χ1n) is 9.66. The van der Waals surface area contributed by atoms with Gasteiger partial charge in [-0.15, -0.1) is 0 Å². The van der Waals surface area contributed by atoms with Gasteiger partial charge in [-0.3, -0.25) is 9.59 Å². The average molecular weight is 342 g/mol. The van der Waals surface area contributed by atoms with Crippen LogP contribution in [0, 0.1) is 12.8 Å². The molecule has 1 saturated carbocycles. The summed E-state index contributed by atoms with van der Waals surface area (Å²) in [6.07, 6.45) is 4.13.